The maximum absolute atomic E-state index is 12.9. The minimum absolute atomic E-state index is 0.0214. The number of nitrogens with zero attached hydrogens (tertiary/aromatic N) is 1. The Labute approximate surface area is 141 Å². The predicted molar refractivity (Wildman–Crippen MR) is 83.2 cm³/mol. The maximum Gasteiger partial charge on any atom is 0.416 e. The summed E-state index contributed by atoms with van der Waals surface area (Å²) in [5.41, 5.74) is -1.09. The smallest absolute Gasteiger partial charge is 0.280 e. The van der Waals surface area contributed by atoms with E-state index in [0.29, 0.717) is 0 Å². The Balaban J connectivity index is 2.40. The number of halogens is 4. The normalized spacial score (nSPS) is 11.8. The molecule has 2 aromatic carbocycles. The van der Waals surface area contributed by atoms with Crippen LogP contribution in [0.15, 0.2) is 41.3 Å². The average Bonchev–Trinajstić information content (AvgIpc) is 2.47. The summed E-state index contributed by atoms with van der Waals surface area (Å²) in [6.07, 6.45) is -4.59. The Bertz CT molecular complexity index is 935. The van der Waals surface area contributed by atoms with Gasteiger partial charge in [0.2, 0.25) is 0 Å². The highest BCUT2D eigenvalue weighted by atomic mass is 35.5. The van der Waals surface area contributed by atoms with Gasteiger partial charge in [0.05, 0.1) is 21.0 Å². The van der Waals surface area contributed by atoms with Crippen LogP contribution < -0.4 is 4.72 Å². The standard InChI is InChI=1S/C15H10ClF3N2O2S/c1-9-2-4-11(6-13(9)15(17,18)19)21-24(22,23)12-5-3-10(8-20)14(16)7-12/h2-7,21H,1H3. The molecule has 126 valence electrons. The van der Waals surface area contributed by atoms with Crippen LogP contribution >= 0.6 is 11.6 Å². The number of alkyl halides is 3. The second-order valence-electron chi connectivity index (χ2n) is 4.89. The van der Waals surface area contributed by atoms with Gasteiger partial charge in [-0.25, -0.2) is 8.42 Å². The van der Waals surface area contributed by atoms with E-state index in [9.17, 15) is 21.6 Å². The molecule has 0 aromatic heterocycles. The van der Waals surface area contributed by atoms with Crippen LogP contribution in [-0.4, -0.2) is 8.42 Å². The molecular weight excluding hydrogens is 365 g/mol. The van der Waals surface area contributed by atoms with E-state index in [0.717, 1.165) is 18.2 Å². The lowest BCUT2D eigenvalue weighted by atomic mass is 10.1. The molecule has 0 saturated carbocycles. The second-order valence-corrected chi connectivity index (χ2v) is 6.98. The molecule has 0 bridgehead atoms. The summed E-state index contributed by atoms with van der Waals surface area (Å²) in [7, 11) is -4.15. The van der Waals surface area contributed by atoms with Gasteiger partial charge in [-0.05, 0) is 42.8 Å². The van der Waals surface area contributed by atoms with Gasteiger partial charge >= 0.3 is 6.18 Å². The van der Waals surface area contributed by atoms with Crippen LogP contribution in [0, 0.1) is 18.3 Å². The van der Waals surface area contributed by atoms with E-state index in [4.69, 9.17) is 16.9 Å². The van der Waals surface area contributed by atoms with Crippen molar-refractivity contribution in [3.05, 3.63) is 58.1 Å². The minimum atomic E-state index is -4.59. The molecule has 0 aliphatic heterocycles. The molecule has 2 aromatic rings. The summed E-state index contributed by atoms with van der Waals surface area (Å²) in [6, 6.07) is 8.32. The first kappa shape index (κ1) is 18.1. The molecule has 0 radical (unpaired) electrons. The predicted octanol–water partition coefficient (Wildman–Crippen LogP) is 4.34. The fraction of sp³-hybridized carbons (Fsp3) is 0.133. The second kappa shape index (κ2) is 6.34. The lowest BCUT2D eigenvalue weighted by Gasteiger charge is -2.14. The third-order valence-electron chi connectivity index (χ3n) is 3.17. The molecule has 0 heterocycles. The molecule has 9 heteroatoms. The Morgan fingerprint density at radius 2 is 1.83 bits per heavy atom. The molecule has 1 N–H and O–H groups in total. The van der Waals surface area contributed by atoms with Crippen molar-refractivity contribution in [1.82, 2.24) is 0 Å². The highest BCUT2D eigenvalue weighted by molar-refractivity contribution is 7.92. The molecule has 0 aliphatic rings. The number of nitrogens with one attached hydrogen (secondary N) is 1. The number of hydrogen-bond donors (Lipinski definition) is 1. The van der Waals surface area contributed by atoms with Gasteiger partial charge < -0.3 is 0 Å². The topological polar surface area (TPSA) is 70.0 Å². The first-order valence-corrected chi connectivity index (χ1v) is 8.31. The van der Waals surface area contributed by atoms with Crippen LogP contribution in [-0.2, 0) is 16.2 Å². The summed E-state index contributed by atoms with van der Waals surface area (Å²) in [4.78, 5) is -0.263. The highest BCUT2D eigenvalue weighted by Crippen LogP contribution is 2.34. The van der Waals surface area contributed by atoms with Crippen molar-refractivity contribution in [3.63, 3.8) is 0 Å². The molecule has 2 rings (SSSR count). The first-order chi connectivity index (χ1) is 11.0. The number of sulfonamides is 1. The van der Waals surface area contributed by atoms with E-state index < -0.39 is 21.8 Å². The molecule has 0 fully saturated rings. The maximum atomic E-state index is 12.9. The number of aryl methyl sites for hydroxylation is 1. The molecule has 0 spiro atoms. The quantitative estimate of drug-likeness (QED) is 0.868. The Morgan fingerprint density at radius 1 is 1.17 bits per heavy atom. The first-order valence-electron chi connectivity index (χ1n) is 6.45. The fourth-order valence-corrected chi connectivity index (χ4v) is 3.32. The molecule has 0 aliphatic carbocycles. The van der Waals surface area contributed by atoms with Gasteiger partial charge in [0.1, 0.15) is 6.07 Å². The third kappa shape index (κ3) is 3.80. The van der Waals surface area contributed by atoms with E-state index in [-0.39, 0.29) is 26.7 Å². The van der Waals surface area contributed by atoms with Gasteiger partial charge in [0.15, 0.2) is 0 Å². The SMILES string of the molecule is Cc1ccc(NS(=O)(=O)c2ccc(C#N)c(Cl)c2)cc1C(F)(F)F. The molecule has 0 amide bonds. The van der Waals surface area contributed by atoms with Crippen LogP contribution in [0.3, 0.4) is 0 Å². The van der Waals surface area contributed by atoms with E-state index in [1.807, 2.05) is 0 Å². The van der Waals surface area contributed by atoms with Crippen LogP contribution in [0.2, 0.25) is 5.02 Å². The number of hydrogen-bond acceptors (Lipinski definition) is 3. The summed E-state index contributed by atoms with van der Waals surface area (Å²) in [5, 5.41) is 8.70. The van der Waals surface area contributed by atoms with Crippen LogP contribution in [0.1, 0.15) is 16.7 Å². The Morgan fingerprint density at radius 3 is 2.38 bits per heavy atom. The lowest BCUT2D eigenvalue weighted by molar-refractivity contribution is -0.138. The van der Waals surface area contributed by atoms with Gasteiger partial charge in [0, 0.05) is 5.69 Å². The van der Waals surface area contributed by atoms with Crippen LogP contribution in [0.4, 0.5) is 18.9 Å². The lowest BCUT2D eigenvalue weighted by Crippen LogP contribution is -2.14. The molecule has 0 unspecified atom stereocenters. The van der Waals surface area contributed by atoms with Crippen molar-refractivity contribution in [2.45, 2.75) is 18.0 Å². The summed E-state index contributed by atoms with van der Waals surface area (Å²) < 4.78 is 65.3. The van der Waals surface area contributed by atoms with Gasteiger partial charge in [-0.3, -0.25) is 4.72 Å². The van der Waals surface area contributed by atoms with Gasteiger partial charge in [-0.15, -0.1) is 0 Å². The zero-order valence-corrected chi connectivity index (χ0v) is 13.7. The zero-order chi connectivity index (χ0) is 18.1. The number of benzene rings is 2. The van der Waals surface area contributed by atoms with Crippen molar-refractivity contribution in [2.75, 3.05) is 4.72 Å². The summed E-state index contributed by atoms with van der Waals surface area (Å²) in [5.74, 6) is 0. The average molecular weight is 375 g/mol. The largest absolute Gasteiger partial charge is 0.416 e. The molecular formula is C15H10ClF3N2O2S. The van der Waals surface area contributed by atoms with Crippen molar-refractivity contribution < 1.29 is 21.6 Å². The van der Waals surface area contributed by atoms with Gasteiger partial charge in [-0.2, -0.15) is 18.4 Å². The number of rotatable bonds is 3. The molecule has 4 nitrogen and oxygen atoms in total. The highest BCUT2D eigenvalue weighted by Gasteiger charge is 2.32. The minimum Gasteiger partial charge on any atom is -0.280 e. The van der Waals surface area contributed by atoms with E-state index in [1.165, 1.54) is 25.1 Å². The van der Waals surface area contributed by atoms with Gasteiger partial charge in [0.25, 0.3) is 10.0 Å². The fourth-order valence-electron chi connectivity index (χ4n) is 1.96. The third-order valence-corrected chi connectivity index (χ3v) is 4.86. The zero-order valence-electron chi connectivity index (χ0n) is 12.1. The van der Waals surface area contributed by atoms with Crippen molar-refractivity contribution in [1.29, 1.82) is 5.26 Å². The van der Waals surface area contributed by atoms with E-state index >= 15 is 0 Å². The monoisotopic (exact) mass is 374 g/mol. The van der Waals surface area contributed by atoms with E-state index in [1.54, 1.807) is 6.07 Å². The van der Waals surface area contributed by atoms with Crippen molar-refractivity contribution in [3.8, 4) is 6.07 Å². The summed E-state index contributed by atoms with van der Waals surface area (Å²) in [6.45, 7) is 1.28. The molecule has 0 saturated heterocycles. The molecule has 24 heavy (non-hydrogen) atoms. The van der Waals surface area contributed by atoms with Crippen molar-refractivity contribution >= 4 is 27.3 Å². The Hall–Kier alpha value is -2.24. The van der Waals surface area contributed by atoms with Crippen molar-refractivity contribution in [2.24, 2.45) is 0 Å². The Kier molecular flexibility index (Phi) is 4.78. The number of nitriles is 1. The van der Waals surface area contributed by atoms with Crippen LogP contribution in [0.5, 0.6) is 0 Å². The van der Waals surface area contributed by atoms with Crippen LogP contribution in [0.25, 0.3) is 0 Å². The molecule has 0 atom stereocenters. The summed E-state index contributed by atoms with van der Waals surface area (Å²) >= 11 is 5.78. The van der Waals surface area contributed by atoms with Gasteiger partial charge in [-0.1, -0.05) is 17.7 Å². The number of anilines is 1. The van der Waals surface area contributed by atoms with E-state index in [2.05, 4.69) is 4.72 Å².